The first kappa shape index (κ1) is 17.4. The molecule has 1 amide bonds. The third-order valence-corrected chi connectivity index (χ3v) is 4.33. The van der Waals surface area contributed by atoms with Gasteiger partial charge in [-0.05, 0) is 0 Å². The van der Waals surface area contributed by atoms with Gasteiger partial charge in [0, 0.05) is 72.7 Å². The molecule has 1 aromatic rings. The molecule has 23 heavy (non-hydrogen) atoms. The van der Waals surface area contributed by atoms with Crippen LogP contribution >= 0.6 is 0 Å². The number of aromatic nitrogens is 2. The Kier molecular flexibility index (Phi) is 5.38. The van der Waals surface area contributed by atoms with Crippen molar-refractivity contribution in [1.29, 1.82) is 0 Å². The summed E-state index contributed by atoms with van der Waals surface area (Å²) < 4.78 is 2.62. The normalized spacial score (nSPS) is 16.5. The van der Waals surface area contributed by atoms with Crippen LogP contribution in [-0.2, 0) is 25.4 Å². The van der Waals surface area contributed by atoms with Crippen LogP contribution in [0, 0.1) is 0 Å². The Morgan fingerprint density at radius 3 is 2.17 bits per heavy atom. The summed E-state index contributed by atoms with van der Waals surface area (Å²) in [6, 6.07) is 1.52. The molecule has 2 heterocycles. The van der Waals surface area contributed by atoms with Crippen molar-refractivity contribution in [3.05, 3.63) is 32.6 Å². The minimum Gasteiger partial charge on any atom is -0.348 e. The van der Waals surface area contributed by atoms with Gasteiger partial charge >= 0.3 is 5.69 Å². The van der Waals surface area contributed by atoms with E-state index in [0.29, 0.717) is 13.1 Å². The number of rotatable bonds is 4. The zero-order chi connectivity index (χ0) is 17.1. The van der Waals surface area contributed by atoms with Crippen LogP contribution in [0.3, 0.4) is 0 Å². The molecule has 1 saturated heterocycles. The van der Waals surface area contributed by atoms with Crippen molar-refractivity contribution in [1.82, 2.24) is 23.8 Å². The fourth-order valence-corrected chi connectivity index (χ4v) is 2.60. The molecule has 0 atom stereocenters. The lowest BCUT2D eigenvalue weighted by Crippen LogP contribution is -2.49. The second-order valence-electron chi connectivity index (χ2n) is 6.21. The summed E-state index contributed by atoms with van der Waals surface area (Å²) in [5, 5.41) is 0. The maximum Gasteiger partial charge on any atom is 0.330 e. The zero-order valence-corrected chi connectivity index (χ0v) is 14.3. The molecule has 0 unspecified atom stereocenters. The molecule has 0 aromatic carbocycles. The van der Waals surface area contributed by atoms with Crippen molar-refractivity contribution in [2.24, 2.45) is 14.1 Å². The van der Waals surface area contributed by atoms with Crippen LogP contribution in [0.1, 0.15) is 5.69 Å². The number of likely N-dealkylation sites (N-methyl/N-ethyl adjacent to an activating group) is 1. The molecule has 1 fully saturated rings. The maximum atomic E-state index is 11.9. The second kappa shape index (κ2) is 7.10. The average Bonchev–Trinajstić information content (AvgIpc) is 2.52. The zero-order valence-electron chi connectivity index (χ0n) is 14.3. The van der Waals surface area contributed by atoms with E-state index >= 15 is 0 Å². The van der Waals surface area contributed by atoms with Crippen molar-refractivity contribution in [3.8, 4) is 0 Å². The summed E-state index contributed by atoms with van der Waals surface area (Å²) in [7, 11) is 6.68. The SMILES string of the molecule is CN(C)C(=O)CN1CCN(Cc2cc(=O)n(C)c(=O)n2C)CC1. The Labute approximate surface area is 135 Å². The van der Waals surface area contributed by atoms with Crippen molar-refractivity contribution in [2.45, 2.75) is 6.54 Å². The van der Waals surface area contributed by atoms with Gasteiger partial charge in [-0.3, -0.25) is 28.5 Å². The van der Waals surface area contributed by atoms with Crippen LogP contribution in [-0.4, -0.2) is 76.6 Å². The van der Waals surface area contributed by atoms with E-state index in [9.17, 15) is 14.4 Å². The van der Waals surface area contributed by atoms with Gasteiger partial charge in [-0.15, -0.1) is 0 Å². The van der Waals surface area contributed by atoms with Gasteiger partial charge in [-0.1, -0.05) is 0 Å². The molecule has 1 aliphatic heterocycles. The third-order valence-electron chi connectivity index (χ3n) is 4.33. The summed E-state index contributed by atoms with van der Waals surface area (Å²) in [6.45, 7) is 4.23. The lowest BCUT2D eigenvalue weighted by molar-refractivity contribution is -0.130. The van der Waals surface area contributed by atoms with Crippen molar-refractivity contribution < 1.29 is 4.79 Å². The molecule has 2 rings (SSSR count). The Morgan fingerprint density at radius 2 is 1.61 bits per heavy atom. The molecule has 0 radical (unpaired) electrons. The monoisotopic (exact) mass is 323 g/mol. The van der Waals surface area contributed by atoms with E-state index in [4.69, 9.17) is 0 Å². The van der Waals surface area contributed by atoms with Crippen molar-refractivity contribution >= 4 is 5.91 Å². The quantitative estimate of drug-likeness (QED) is 0.660. The first-order valence-corrected chi connectivity index (χ1v) is 7.70. The summed E-state index contributed by atoms with van der Waals surface area (Å²) in [6.07, 6.45) is 0. The molecule has 0 spiro atoms. The van der Waals surface area contributed by atoms with E-state index in [1.807, 2.05) is 0 Å². The predicted octanol–water partition coefficient (Wildman–Crippen LogP) is -1.71. The minimum atomic E-state index is -0.303. The van der Waals surface area contributed by atoms with Crippen LogP contribution in [0.5, 0.6) is 0 Å². The molecule has 128 valence electrons. The number of carbonyl (C=O) groups is 1. The number of piperazine rings is 1. The van der Waals surface area contributed by atoms with Gasteiger partial charge in [0.05, 0.1) is 6.54 Å². The van der Waals surface area contributed by atoms with Crippen LogP contribution in [0.4, 0.5) is 0 Å². The topological polar surface area (TPSA) is 70.8 Å². The summed E-state index contributed by atoms with van der Waals surface area (Å²) in [4.78, 5) is 41.4. The van der Waals surface area contributed by atoms with E-state index in [1.165, 1.54) is 17.7 Å². The van der Waals surface area contributed by atoms with Gasteiger partial charge in [-0.25, -0.2) is 4.79 Å². The van der Waals surface area contributed by atoms with Gasteiger partial charge in [0.25, 0.3) is 5.56 Å². The van der Waals surface area contributed by atoms with E-state index in [2.05, 4.69) is 9.80 Å². The van der Waals surface area contributed by atoms with Crippen LogP contribution in [0.25, 0.3) is 0 Å². The fourth-order valence-electron chi connectivity index (χ4n) is 2.60. The highest BCUT2D eigenvalue weighted by atomic mass is 16.2. The number of hydrogen-bond acceptors (Lipinski definition) is 5. The summed E-state index contributed by atoms with van der Waals surface area (Å²) in [5.41, 5.74) is 0.136. The molecule has 1 aliphatic rings. The fraction of sp³-hybridized carbons (Fsp3) is 0.667. The molecular formula is C15H25N5O3. The molecule has 8 nitrogen and oxygen atoms in total. The van der Waals surface area contributed by atoms with E-state index < -0.39 is 0 Å². The van der Waals surface area contributed by atoms with Gasteiger partial charge in [0.15, 0.2) is 0 Å². The largest absolute Gasteiger partial charge is 0.348 e. The minimum absolute atomic E-state index is 0.104. The van der Waals surface area contributed by atoms with E-state index in [0.717, 1.165) is 36.4 Å². The molecule has 0 bridgehead atoms. The summed E-state index contributed by atoms with van der Waals surface area (Å²) in [5.74, 6) is 0.104. The molecule has 1 aromatic heterocycles. The molecule has 0 aliphatic carbocycles. The van der Waals surface area contributed by atoms with Gasteiger partial charge in [0.1, 0.15) is 0 Å². The Bertz CT molecular complexity index is 683. The Hall–Kier alpha value is -1.93. The van der Waals surface area contributed by atoms with Gasteiger partial charge < -0.3 is 4.90 Å². The van der Waals surface area contributed by atoms with E-state index in [1.54, 1.807) is 26.0 Å². The van der Waals surface area contributed by atoms with Crippen LogP contribution in [0.2, 0.25) is 0 Å². The average molecular weight is 323 g/mol. The lowest BCUT2D eigenvalue weighted by atomic mass is 10.2. The number of amides is 1. The first-order valence-electron chi connectivity index (χ1n) is 7.70. The first-order chi connectivity index (χ1) is 10.8. The third kappa shape index (κ3) is 4.08. The second-order valence-corrected chi connectivity index (χ2v) is 6.21. The molecular weight excluding hydrogens is 298 g/mol. The summed E-state index contributed by atoms with van der Waals surface area (Å²) >= 11 is 0. The molecule has 0 N–H and O–H groups in total. The van der Waals surface area contributed by atoms with Crippen LogP contribution < -0.4 is 11.2 Å². The highest BCUT2D eigenvalue weighted by molar-refractivity contribution is 5.77. The molecule has 8 heteroatoms. The maximum absolute atomic E-state index is 11.9. The standard InChI is InChI=1S/C15H25N5O3/c1-16(2)14(22)11-20-7-5-19(6-8-20)10-12-9-13(21)18(4)15(23)17(12)3/h9H,5-8,10-11H2,1-4H3. The Morgan fingerprint density at radius 1 is 1.04 bits per heavy atom. The van der Waals surface area contributed by atoms with Gasteiger partial charge in [0.2, 0.25) is 5.91 Å². The number of hydrogen-bond donors (Lipinski definition) is 0. The highest BCUT2D eigenvalue weighted by Crippen LogP contribution is 2.06. The van der Waals surface area contributed by atoms with Crippen molar-refractivity contribution in [3.63, 3.8) is 0 Å². The smallest absolute Gasteiger partial charge is 0.330 e. The Balaban J connectivity index is 1.96. The van der Waals surface area contributed by atoms with Gasteiger partial charge in [-0.2, -0.15) is 0 Å². The van der Waals surface area contributed by atoms with Crippen LogP contribution in [0.15, 0.2) is 15.7 Å². The number of carbonyl (C=O) groups excluding carboxylic acids is 1. The molecule has 0 saturated carbocycles. The number of nitrogens with zero attached hydrogens (tertiary/aromatic N) is 5. The lowest BCUT2D eigenvalue weighted by Gasteiger charge is -2.34. The highest BCUT2D eigenvalue weighted by Gasteiger charge is 2.20. The van der Waals surface area contributed by atoms with Crippen molar-refractivity contribution in [2.75, 3.05) is 46.8 Å². The predicted molar refractivity (Wildman–Crippen MR) is 87.3 cm³/mol. The van der Waals surface area contributed by atoms with E-state index in [-0.39, 0.29) is 17.2 Å².